The van der Waals surface area contributed by atoms with Crippen molar-refractivity contribution in [1.82, 2.24) is 10.2 Å². The molecule has 0 amide bonds. The summed E-state index contributed by atoms with van der Waals surface area (Å²) in [7, 11) is 0. The number of aliphatic hydroxyl groups excluding tert-OH is 1. The van der Waals surface area contributed by atoms with E-state index in [1.807, 2.05) is 0 Å². The Hall–Kier alpha value is -0.120. The van der Waals surface area contributed by atoms with Gasteiger partial charge < -0.3 is 5.11 Å². The molecule has 1 N–H and O–H groups in total. The van der Waals surface area contributed by atoms with Crippen LogP contribution in [-0.2, 0) is 0 Å². The monoisotopic (exact) mass is 115 g/mol. The zero-order valence-electron chi connectivity index (χ0n) is 4.88. The van der Waals surface area contributed by atoms with E-state index in [0.717, 1.165) is 26.3 Å². The summed E-state index contributed by atoms with van der Waals surface area (Å²) in [6, 6.07) is 0. The highest BCUT2D eigenvalue weighted by atomic mass is 16.3. The average molecular weight is 115 g/mol. The number of β-amino-alcohol motifs (C(OH)–C–C–N with tert-alkyl or cyclic N) is 1. The van der Waals surface area contributed by atoms with Crippen LogP contribution in [0.15, 0.2) is 0 Å². The van der Waals surface area contributed by atoms with E-state index in [1.165, 1.54) is 0 Å². The quantitative estimate of drug-likeness (QED) is 0.494. The van der Waals surface area contributed by atoms with Gasteiger partial charge in [0.25, 0.3) is 0 Å². The van der Waals surface area contributed by atoms with Gasteiger partial charge in [-0.15, -0.1) is 0 Å². The predicted octanol–water partition coefficient (Wildman–Crippen LogP) is -1.14. The molecule has 3 nitrogen and oxygen atoms in total. The van der Waals surface area contributed by atoms with E-state index in [0.29, 0.717) is 0 Å². The lowest BCUT2D eigenvalue weighted by Crippen LogP contribution is -2.24. The summed E-state index contributed by atoms with van der Waals surface area (Å²) in [5.74, 6) is 0. The Morgan fingerprint density at radius 1 is 1.62 bits per heavy atom. The predicted molar refractivity (Wildman–Crippen MR) is 30.5 cm³/mol. The van der Waals surface area contributed by atoms with E-state index in [1.54, 1.807) is 0 Å². The van der Waals surface area contributed by atoms with E-state index in [9.17, 15) is 0 Å². The summed E-state index contributed by atoms with van der Waals surface area (Å²) in [4.78, 5) is 2.12. The fraction of sp³-hybridized carbons (Fsp3) is 1.00. The van der Waals surface area contributed by atoms with Crippen molar-refractivity contribution in [3.05, 3.63) is 0 Å². The Labute approximate surface area is 49.3 Å². The largest absolute Gasteiger partial charge is 0.395 e. The van der Waals surface area contributed by atoms with Gasteiger partial charge in [-0.1, -0.05) is 0 Å². The van der Waals surface area contributed by atoms with Crippen molar-refractivity contribution in [2.75, 3.05) is 32.9 Å². The van der Waals surface area contributed by atoms with Gasteiger partial charge >= 0.3 is 0 Å². The molecule has 1 radical (unpaired) electrons. The molecule has 1 saturated heterocycles. The molecule has 1 fully saturated rings. The maximum Gasteiger partial charge on any atom is 0.0650 e. The molecule has 0 aromatic heterocycles. The summed E-state index contributed by atoms with van der Waals surface area (Å²) >= 11 is 0. The second-order valence-corrected chi connectivity index (χ2v) is 1.93. The van der Waals surface area contributed by atoms with Gasteiger partial charge in [0, 0.05) is 19.6 Å². The molecule has 0 bridgehead atoms. The summed E-state index contributed by atoms with van der Waals surface area (Å²) in [5.41, 5.74) is 0. The van der Waals surface area contributed by atoms with Crippen LogP contribution in [0.4, 0.5) is 0 Å². The summed E-state index contributed by atoms with van der Waals surface area (Å²) in [6.45, 7) is 3.83. The smallest absolute Gasteiger partial charge is 0.0650 e. The Morgan fingerprint density at radius 2 is 2.50 bits per heavy atom. The van der Waals surface area contributed by atoms with Crippen LogP contribution in [0.3, 0.4) is 0 Å². The zero-order chi connectivity index (χ0) is 5.82. The van der Waals surface area contributed by atoms with Crippen LogP contribution in [-0.4, -0.2) is 42.9 Å². The highest BCUT2D eigenvalue weighted by Crippen LogP contribution is 1.90. The van der Waals surface area contributed by atoms with Crippen LogP contribution in [0.1, 0.15) is 0 Å². The van der Waals surface area contributed by atoms with Crippen LogP contribution < -0.4 is 5.32 Å². The third-order valence-corrected chi connectivity index (χ3v) is 1.29. The molecule has 0 aromatic rings. The Bertz CT molecular complexity index is 61.4. The minimum absolute atomic E-state index is 0.259. The Morgan fingerprint density at radius 3 is 3.00 bits per heavy atom. The molecule has 1 heterocycles. The Kier molecular flexibility index (Phi) is 2.27. The molecule has 47 valence electrons. The fourth-order valence-electron chi connectivity index (χ4n) is 0.819. The van der Waals surface area contributed by atoms with E-state index in [-0.39, 0.29) is 6.61 Å². The number of hydrogen-bond donors (Lipinski definition) is 1. The van der Waals surface area contributed by atoms with Crippen molar-refractivity contribution in [3.63, 3.8) is 0 Å². The lowest BCUT2D eigenvalue weighted by atomic mass is 10.5. The van der Waals surface area contributed by atoms with Gasteiger partial charge in [-0.05, 0) is 0 Å². The zero-order valence-corrected chi connectivity index (χ0v) is 4.88. The SMILES string of the molecule is OCCN1CC[N]C1. The van der Waals surface area contributed by atoms with Crippen molar-refractivity contribution in [2.24, 2.45) is 0 Å². The lowest BCUT2D eigenvalue weighted by Gasteiger charge is -2.09. The molecule has 1 aliphatic heterocycles. The summed E-state index contributed by atoms with van der Waals surface area (Å²) in [5, 5.41) is 12.5. The van der Waals surface area contributed by atoms with Crippen LogP contribution >= 0.6 is 0 Å². The lowest BCUT2D eigenvalue weighted by molar-refractivity contribution is 0.220. The van der Waals surface area contributed by atoms with Gasteiger partial charge in [-0.3, -0.25) is 4.90 Å². The van der Waals surface area contributed by atoms with Crippen molar-refractivity contribution in [2.45, 2.75) is 0 Å². The first-order chi connectivity index (χ1) is 3.93. The molecule has 3 heteroatoms. The molecule has 0 spiro atoms. The normalized spacial score (nSPS) is 22.1. The van der Waals surface area contributed by atoms with Gasteiger partial charge in [0.1, 0.15) is 0 Å². The van der Waals surface area contributed by atoms with Crippen molar-refractivity contribution < 1.29 is 5.11 Å². The molecule has 1 rings (SSSR count). The van der Waals surface area contributed by atoms with Crippen LogP contribution in [0.2, 0.25) is 0 Å². The average Bonchev–Trinajstić information content (AvgIpc) is 2.19. The highest BCUT2D eigenvalue weighted by Gasteiger charge is 2.09. The van der Waals surface area contributed by atoms with E-state index >= 15 is 0 Å². The van der Waals surface area contributed by atoms with E-state index in [4.69, 9.17) is 5.11 Å². The number of hydrogen-bond acceptors (Lipinski definition) is 2. The number of aliphatic hydroxyl groups is 1. The molecule has 0 aromatic carbocycles. The van der Waals surface area contributed by atoms with Gasteiger partial charge in [0.05, 0.1) is 13.3 Å². The number of rotatable bonds is 2. The van der Waals surface area contributed by atoms with Gasteiger partial charge in [-0.25, -0.2) is 5.32 Å². The first-order valence-corrected chi connectivity index (χ1v) is 2.90. The van der Waals surface area contributed by atoms with Gasteiger partial charge in [0.15, 0.2) is 0 Å². The second kappa shape index (κ2) is 3.02. The van der Waals surface area contributed by atoms with Gasteiger partial charge in [-0.2, -0.15) is 0 Å². The summed E-state index contributed by atoms with van der Waals surface area (Å²) in [6.07, 6.45) is 0. The molecule has 0 saturated carbocycles. The molecular formula is C5H11N2O. The van der Waals surface area contributed by atoms with Crippen molar-refractivity contribution in [1.29, 1.82) is 0 Å². The first-order valence-electron chi connectivity index (χ1n) is 2.90. The van der Waals surface area contributed by atoms with Gasteiger partial charge in [0.2, 0.25) is 0 Å². The summed E-state index contributed by atoms with van der Waals surface area (Å²) < 4.78 is 0. The first kappa shape index (κ1) is 6.01. The van der Waals surface area contributed by atoms with Crippen molar-refractivity contribution >= 4 is 0 Å². The van der Waals surface area contributed by atoms with E-state index < -0.39 is 0 Å². The molecular weight excluding hydrogens is 104 g/mol. The topological polar surface area (TPSA) is 37.6 Å². The maximum absolute atomic E-state index is 8.44. The standard InChI is InChI=1S/C5H11N2O/c8-4-3-7-2-1-6-5-7/h8H,1-5H2. The minimum Gasteiger partial charge on any atom is -0.395 e. The highest BCUT2D eigenvalue weighted by molar-refractivity contribution is 4.63. The fourth-order valence-corrected chi connectivity index (χ4v) is 0.819. The minimum atomic E-state index is 0.259. The second-order valence-electron chi connectivity index (χ2n) is 1.93. The molecule has 1 aliphatic rings. The molecule has 0 atom stereocenters. The molecule has 8 heavy (non-hydrogen) atoms. The molecule has 0 unspecified atom stereocenters. The maximum atomic E-state index is 8.44. The third kappa shape index (κ3) is 1.43. The van der Waals surface area contributed by atoms with Crippen molar-refractivity contribution in [3.8, 4) is 0 Å². The third-order valence-electron chi connectivity index (χ3n) is 1.29. The van der Waals surface area contributed by atoms with Crippen LogP contribution in [0.25, 0.3) is 0 Å². The Balaban J connectivity index is 2.06. The number of nitrogens with zero attached hydrogens (tertiary/aromatic N) is 2. The van der Waals surface area contributed by atoms with Crippen LogP contribution in [0.5, 0.6) is 0 Å². The van der Waals surface area contributed by atoms with Crippen LogP contribution in [0, 0.1) is 0 Å². The van der Waals surface area contributed by atoms with E-state index in [2.05, 4.69) is 10.2 Å². The molecule has 0 aliphatic carbocycles.